The van der Waals surface area contributed by atoms with Gasteiger partial charge in [0.05, 0.1) is 5.56 Å². The van der Waals surface area contributed by atoms with Crippen molar-refractivity contribution in [1.82, 2.24) is 0 Å². The summed E-state index contributed by atoms with van der Waals surface area (Å²) in [5, 5.41) is 23.4. The van der Waals surface area contributed by atoms with E-state index in [1.54, 1.807) is 30.3 Å². The van der Waals surface area contributed by atoms with E-state index >= 15 is 0 Å². The highest BCUT2D eigenvalue weighted by Gasteiger charge is 2.11. The SMILES string of the molecule is N#C/C(=C/c1ccc(OCc2cccc3ccccc23)cc1)C(=O)Nc1cccc(C(=O)O)c1. The third kappa shape index (κ3) is 5.29. The van der Waals surface area contributed by atoms with Gasteiger partial charge in [0.1, 0.15) is 24.0 Å². The number of carboxylic acid groups (broad SMARTS) is 1. The molecule has 6 nitrogen and oxygen atoms in total. The molecule has 6 heteroatoms. The van der Waals surface area contributed by atoms with E-state index in [9.17, 15) is 14.9 Å². The van der Waals surface area contributed by atoms with Crippen LogP contribution in [0, 0.1) is 11.3 Å². The first-order valence-corrected chi connectivity index (χ1v) is 10.5. The van der Waals surface area contributed by atoms with Crippen molar-refractivity contribution in [3.63, 3.8) is 0 Å². The van der Waals surface area contributed by atoms with E-state index in [4.69, 9.17) is 9.84 Å². The van der Waals surface area contributed by atoms with Crippen molar-refractivity contribution in [3.05, 3.63) is 113 Å². The van der Waals surface area contributed by atoms with Gasteiger partial charge in [-0.3, -0.25) is 4.79 Å². The first kappa shape index (κ1) is 22.3. The number of rotatable bonds is 7. The van der Waals surface area contributed by atoms with Crippen LogP contribution in [0.3, 0.4) is 0 Å². The molecule has 0 saturated carbocycles. The standard InChI is InChI=1S/C28H20N2O4/c29-17-23(27(31)30-24-9-4-7-21(16-24)28(32)33)15-19-11-13-25(14-12-19)34-18-22-8-3-6-20-5-1-2-10-26(20)22/h1-16H,18H2,(H,30,31)(H,32,33)/b23-15-. The number of hydrogen-bond acceptors (Lipinski definition) is 4. The monoisotopic (exact) mass is 448 g/mol. The summed E-state index contributed by atoms with van der Waals surface area (Å²) in [6, 6.07) is 29.0. The Balaban J connectivity index is 1.43. The second kappa shape index (κ2) is 10.2. The predicted molar refractivity (Wildman–Crippen MR) is 130 cm³/mol. The highest BCUT2D eigenvalue weighted by atomic mass is 16.5. The third-order valence-electron chi connectivity index (χ3n) is 5.20. The summed E-state index contributed by atoms with van der Waals surface area (Å²) in [5.74, 6) is -1.06. The minimum absolute atomic E-state index is 0.0411. The van der Waals surface area contributed by atoms with E-state index < -0.39 is 11.9 Å². The molecule has 0 unspecified atom stereocenters. The Morgan fingerprint density at radius 2 is 1.68 bits per heavy atom. The van der Waals surface area contributed by atoms with Gasteiger partial charge in [0, 0.05) is 5.69 Å². The molecule has 1 amide bonds. The smallest absolute Gasteiger partial charge is 0.335 e. The van der Waals surface area contributed by atoms with Crippen LogP contribution in [0.15, 0.2) is 96.6 Å². The van der Waals surface area contributed by atoms with Crippen LogP contribution < -0.4 is 10.1 Å². The molecule has 4 aromatic rings. The molecule has 0 spiro atoms. The maximum Gasteiger partial charge on any atom is 0.335 e. The zero-order valence-corrected chi connectivity index (χ0v) is 18.1. The first-order chi connectivity index (χ1) is 16.5. The molecular formula is C28H20N2O4. The van der Waals surface area contributed by atoms with Crippen LogP contribution in [0.4, 0.5) is 5.69 Å². The molecule has 4 rings (SSSR count). The number of carbonyl (C=O) groups excluding carboxylic acids is 1. The Morgan fingerprint density at radius 1 is 0.941 bits per heavy atom. The minimum Gasteiger partial charge on any atom is -0.489 e. The molecule has 2 N–H and O–H groups in total. The van der Waals surface area contributed by atoms with Gasteiger partial charge in [-0.15, -0.1) is 0 Å². The summed E-state index contributed by atoms with van der Waals surface area (Å²) in [5.41, 5.74) is 1.97. The second-order valence-corrected chi connectivity index (χ2v) is 7.51. The summed E-state index contributed by atoms with van der Waals surface area (Å²) in [7, 11) is 0. The van der Waals surface area contributed by atoms with Crippen molar-refractivity contribution in [1.29, 1.82) is 5.26 Å². The number of fused-ring (bicyclic) bond motifs is 1. The number of carboxylic acids is 1. The van der Waals surface area contributed by atoms with Crippen LogP contribution in [-0.2, 0) is 11.4 Å². The van der Waals surface area contributed by atoms with Gasteiger partial charge in [0.25, 0.3) is 5.91 Å². The molecule has 0 heterocycles. The molecule has 0 bridgehead atoms. The third-order valence-corrected chi connectivity index (χ3v) is 5.20. The Morgan fingerprint density at radius 3 is 2.44 bits per heavy atom. The van der Waals surface area contributed by atoms with E-state index in [-0.39, 0.29) is 11.1 Å². The van der Waals surface area contributed by atoms with E-state index in [1.807, 2.05) is 30.3 Å². The van der Waals surface area contributed by atoms with Gasteiger partial charge in [-0.1, -0.05) is 60.7 Å². The summed E-state index contributed by atoms with van der Waals surface area (Å²) in [6.45, 7) is 0.414. The van der Waals surface area contributed by atoms with Crippen molar-refractivity contribution in [2.45, 2.75) is 6.61 Å². The van der Waals surface area contributed by atoms with Crippen LogP contribution >= 0.6 is 0 Å². The van der Waals surface area contributed by atoms with E-state index in [1.165, 1.54) is 24.3 Å². The van der Waals surface area contributed by atoms with Crippen molar-refractivity contribution in [2.24, 2.45) is 0 Å². The molecule has 0 aliphatic heterocycles. The number of benzene rings is 4. The number of anilines is 1. The molecule has 0 aromatic heterocycles. The van der Waals surface area contributed by atoms with Crippen molar-refractivity contribution in [3.8, 4) is 11.8 Å². The average molecular weight is 448 g/mol. The molecule has 34 heavy (non-hydrogen) atoms. The van der Waals surface area contributed by atoms with Crippen molar-refractivity contribution >= 4 is 34.4 Å². The maximum atomic E-state index is 12.5. The number of carbonyl (C=O) groups is 2. The zero-order chi connectivity index (χ0) is 23.9. The Hall–Kier alpha value is -4.89. The Labute approximate surface area is 196 Å². The highest BCUT2D eigenvalue weighted by Crippen LogP contribution is 2.22. The molecule has 166 valence electrons. The van der Waals surface area contributed by atoms with Gasteiger partial charge in [0.2, 0.25) is 0 Å². The fourth-order valence-electron chi connectivity index (χ4n) is 3.48. The lowest BCUT2D eigenvalue weighted by molar-refractivity contribution is -0.112. The molecule has 0 saturated heterocycles. The van der Waals surface area contributed by atoms with Crippen LogP contribution in [0.2, 0.25) is 0 Å². The quantitative estimate of drug-likeness (QED) is 0.281. The van der Waals surface area contributed by atoms with Gasteiger partial charge in [0.15, 0.2) is 0 Å². The Bertz CT molecular complexity index is 1430. The van der Waals surface area contributed by atoms with Crippen LogP contribution in [-0.4, -0.2) is 17.0 Å². The van der Waals surface area contributed by atoms with Gasteiger partial charge in [-0.25, -0.2) is 4.79 Å². The molecular weight excluding hydrogens is 428 g/mol. The normalized spacial score (nSPS) is 11.0. The lowest BCUT2D eigenvalue weighted by atomic mass is 10.1. The van der Waals surface area contributed by atoms with Gasteiger partial charge in [-0.2, -0.15) is 5.26 Å². The van der Waals surface area contributed by atoms with E-state index in [2.05, 4.69) is 23.5 Å². The number of aromatic carboxylic acids is 1. The lowest BCUT2D eigenvalue weighted by Gasteiger charge is -2.09. The predicted octanol–water partition coefficient (Wildman–Crippen LogP) is 5.66. The number of nitrogens with one attached hydrogen (secondary N) is 1. The van der Waals surface area contributed by atoms with E-state index in [0.29, 0.717) is 23.6 Å². The van der Waals surface area contributed by atoms with Crippen molar-refractivity contribution < 1.29 is 19.4 Å². The van der Waals surface area contributed by atoms with E-state index in [0.717, 1.165) is 16.3 Å². The number of nitriles is 1. The highest BCUT2D eigenvalue weighted by molar-refractivity contribution is 6.10. The van der Waals surface area contributed by atoms with Gasteiger partial charge >= 0.3 is 5.97 Å². The largest absolute Gasteiger partial charge is 0.489 e. The zero-order valence-electron chi connectivity index (χ0n) is 18.1. The number of amides is 1. The number of hydrogen-bond donors (Lipinski definition) is 2. The minimum atomic E-state index is -1.10. The number of nitrogens with zero attached hydrogens (tertiary/aromatic N) is 1. The summed E-state index contributed by atoms with van der Waals surface area (Å²) >= 11 is 0. The van der Waals surface area contributed by atoms with Crippen LogP contribution in [0.25, 0.3) is 16.8 Å². The molecule has 0 fully saturated rings. The topological polar surface area (TPSA) is 99.4 Å². The average Bonchev–Trinajstić information content (AvgIpc) is 2.86. The second-order valence-electron chi connectivity index (χ2n) is 7.51. The van der Waals surface area contributed by atoms with Crippen LogP contribution in [0.1, 0.15) is 21.5 Å². The Kier molecular flexibility index (Phi) is 6.66. The fraction of sp³-hybridized carbons (Fsp3) is 0.0357. The fourth-order valence-corrected chi connectivity index (χ4v) is 3.48. The molecule has 0 radical (unpaired) electrons. The van der Waals surface area contributed by atoms with Gasteiger partial charge < -0.3 is 15.2 Å². The van der Waals surface area contributed by atoms with Crippen LogP contribution in [0.5, 0.6) is 5.75 Å². The molecule has 4 aromatic carbocycles. The van der Waals surface area contributed by atoms with Crippen molar-refractivity contribution in [2.75, 3.05) is 5.32 Å². The molecule has 0 aliphatic carbocycles. The summed E-state index contributed by atoms with van der Waals surface area (Å²) < 4.78 is 5.93. The van der Waals surface area contributed by atoms with Gasteiger partial charge in [-0.05, 0) is 58.3 Å². The first-order valence-electron chi connectivity index (χ1n) is 10.5. The summed E-state index contributed by atoms with van der Waals surface area (Å²) in [4.78, 5) is 23.6. The summed E-state index contributed by atoms with van der Waals surface area (Å²) in [6.07, 6.45) is 1.46. The lowest BCUT2D eigenvalue weighted by Crippen LogP contribution is -2.13. The molecule has 0 atom stereocenters. The maximum absolute atomic E-state index is 12.5. The molecule has 0 aliphatic rings. The number of ether oxygens (including phenoxy) is 1.